The zero-order valence-electron chi connectivity index (χ0n) is 17.9. The molecule has 1 aromatic carbocycles. The molecule has 0 amide bonds. The summed E-state index contributed by atoms with van der Waals surface area (Å²) in [5.74, 6) is -1.27. The molecular weight excluding hydrogens is 478 g/mol. The number of hydrogen-bond acceptors (Lipinski definition) is 6. The first-order valence-corrected chi connectivity index (χ1v) is 11.6. The average Bonchev–Trinajstić information content (AvgIpc) is 3.40. The number of aromatic nitrogens is 3. The number of sulfonamides is 1. The summed E-state index contributed by atoms with van der Waals surface area (Å²) >= 11 is 0. The molecule has 0 spiro atoms. The molecule has 1 saturated heterocycles. The summed E-state index contributed by atoms with van der Waals surface area (Å²) in [6.45, 7) is -1.54. The second-order valence-electron chi connectivity index (χ2n) is 7.86. The number of halogens is 4. The molecule has 0 unspecified atom stereocenters. The lowest BCUT2D eigenvalue weighted by Gasteiger charge is -2.21. The first-order chi connectivity index (χ1) is 16.0. The largest absolute Gasteiger partial charge is 0.484 e. The van der Waals surface area contributed by atoms with Crippen molar-refractivity contribution < 1.29 is 30.7 Å². The van der Waals surface area contributed by atoms with Gasteiger partial charge < -0.3 is 14.6 Å². The van der Waals surface area contributed by atoms with Crippen LogP contribution < -0.4 is 10.1 Å². The van der Waals surface area contributed by atoms with Gasteiger partial charge in [0.2, 0.25) is 0 Å². The van der Waals surface area contributed by atoms with Gasteiger partial charge in [0, 0.05) is 56.2 Å². The van der Waals surface area contributed by atoms with Crippen LogP contribution in [0.3, 0.4) is 0 Å². The van der Waals surface area contributed by atoms with Gasteiger partial charge in [-0.3, -0.25) is 4.98 Å². The van der Waals surface area contributed by atoms with Crippen LogP contribution in [0.1, 0.15) is 11.6 Å². The third-order valence-electron chi connectivity index (χ3n) is 5.30. The Labute approximate surface area is 193 Å². The SMILES string of the molecule is Cn1cnc(S(=O)(=O)N2C[C@H](Nc3cccc(OCC(F)(F)F)c3)[C@@H](c3ncccc3F)C2)c1. The highest BCUT2D eigenvalue weighted by Crippen LogP contribution is 2.34. The van der Waals surface area contributed by atoms with E-state index < -0.39 is 40.6 Å². The number of hydrogen-bond donors (Lipinski definition) is 1. The molecule has 1 fully saturated rings. The first kappa shape index (κ1) is 24.0. The molecule has 1 aliphatic rings. The monoisotopic (exact) mass is 499 g/mol. The van der Waals surface area contributed by atoms with Crippen LogP contribution in [0.25, 0.3) is 0 Å². The number of anilines is 1. The van der Waals surface area contributed by atoms with Crippen molar-refractivity contribution in [1.82, 2.24) is 18.8 Å². The van der Waals surface area contributed by atoms with E-state index in [-0.39, 0.29) is 29.6 Å². The van der Waals surface area contributed by atoms with Crippen LogP contribution in [0.5, 0.6) is 5.75 Å². The smallest absolute Gasteiger partial charge is 0.422 e. The molecule has 34 heavy (non-hydrogen) atoms. The molecule has 3 heterocycles. The number of pyridine rings is 1. The Morgan fingerprint density at radius 2 is 1.97 bits per heavy atom. The van der Waals surface area contributed by atoms with Crippen LogP contribution in [0.15, 0.2) is 60.1 Å². The van der Waals surface area contributed by atoms with Crippen LogP contribution in [-0.2, 0) is 17.1 Å². The lowest BCUT2D eigenvalue weighted by atomic mass is 9.98. The number of nitrogens with one attached hydrogen (secondary N) is 1. The van der Waals surface area contributed by atoms with E-state index >= 15 is 0 Å². The van der Waals surface area contributed by atoms with Gasteiger partial charge in [0.25, 0.3) is 10.0 Å². The number of ether oxygens (including phenoxy) is 1. The molecule has 8 nitrogen and oxygen atoms in total. The van der Waals surface area contributed by atoms with Crippen LogP contribution in [0.4, 0.5) is 23.2 Å². The van der Waals surface area contributed by atoms with Crippen molar-refractivity contribution in [2.24, 2.45) is 7.05 Å². The minimum Gasteiger partial charge on any atom is -0.484 e. The summed E-state index contributed by atoms with van der Waals surface area (Å²) in [4.78, 5) is 8.04. The Balaban J connectivity index is 1.61. The summed E-state index contributed by atoms with van der Waals surface area (Å²) in [5, 5.41) is 2.97. The quantitative estimate of drug-likeness (QED) is 0.503. The zero-order chi connectivity index (χ0) is 24.5. The Morgan fingerprint density at radius 3 is 2.65 bits per heavy atom. The topological polar surface area (TPSA) is 89.4 Å². The highest BCUT2D eigenvalue weighted by Gasteiger charge is 2.42. The second kappa shape index (κ2) is 9.22. The molecule has 13 heteroatoms. The van der Waals surface area contributed by atoms with Crippen molar-refractivity contribution in [1.29, 1.82) is 0 Å². The molecule has 0 saturated carbocycles. The number of aryl methyl sites for hydroxylation is 1. The van der Waals surface area contributed by atoms with Crippen molar-refractivity contribution in [2.75, 3.05) is 25.0 Å². The van der Waals surface area contributed by atoms with Crippen LogP contribution in [-0.4, -0.2) is 59.2 Å². The fourth-order valence-corrected chi connectivity index (χ4v) is 5.23. The molecule has 0 radical (unpaired) electrons. The van der Waals surface area contributed by atoms with E-state index in [1.54, 1.807) is 13.1 Å². The van der Waals surface area contributed by atoms with Crippen molar-refractivity contribution in [3.8, 4) is 5.75 Å². The van der Waals surface area contributed by atoms with Gasteiger partial charge in [0.05, 0.1) is 12.0 Å². The lowest BCUT2D eigenvalue weighted by molar-refractivity contribution is -0.153. The first-order valence-electron chi connectivity index (χ1n) is 10.2. The van der Waals surface area contributed by atoms with E-state index in [9.17, 15) is 26.0 Å². The standard InChI is InChI=1S/C21H21F4N5O3S/c1-29-11-19(27-13-29)34(31,32)30-9-16(20-17(22)6-3-7-26-20)18(10-30)28-14-4-2-5-15(8-14)33-12-21(23,24)25/h2-8,11,13,16,18,28H,9-10,12H2,1H3/t16-,18-/m0/s1. The summed E-state index contributed by atoms with van der Waals surface area (Å²) in [5.41, 5.74) is 0.478. The Kier molecular flexibility index (Phi) is 6.49. The molecule has 1 N–H and O–H groups in total. The van der Waals surface area contributed by atoms with Crippen molar-refractivity contribution in [3.05, 3.63) is 66.6 Å². The van der Waals surface area contributed by atoms with Gasteiger partial charge in [-0.05, 0) is 24.3 Å². The number of benzene rings is 1. The van der Waals surface area contributed by atoms with Crippen LogP contribution in [0, 0.1) is 5.82 Å². The van der Waals surface area contributed by atoms with E-state index in [0.717, 1.165) is 0 Å². The van der Waals surface area contributed by atoms with Crippen LogP contribution >= 0.6 is 0 Å². The molecule has 3 aromatic rings. The van der Waals surface area contributed by atoms with Crippen LogP contribution in [0.2, 0.25) is 0 Å². The number of alkyl halides is 3. The third-order valence-corrected chi connectivity index (χ3v) is 7.02. The Hall–Kier alpha value is -3.19. The molecule has 1 aliphatic heterocycles. The molecular formula is C21H21F4N5O3S. The summed E-state index contributed by atoms with van der Waals surface area (Å²) < 4.78 is 85.8. The molecule has 4 rings (SSSR count). The fraction of sp³-hybridized carbons (Fsp3) is 0.333. The normalized spacial score (nSPS) is 19.3. The van der Waals surface area contributed by atoms with E-state index in [2.05, 4.69) is 15.3 Å². The maximum Gasteiger partial charge on any atom is 0.422 e. The highest BCUT2D eigenvalue weighted by atomic mass is 32.2. The van der Waals surface area contributed by atoms with Crippen molar-refractivity contribution >= 4 is 15.7 Å². The number of nitrogens with zero attached hydrogens (tertiary/aromatic N) is 4. The predicted octanol–water partition coefficient (Wildman–Crippen LogP) is 3.16. The zero-order valence-corrected chi connectivity index (χ0v) is 18.7. The van der Waals surface area contributed by atoms with Gasteiger partial charge in [-0.25, -0.2) is 17.8 Å². The molecule has 2 aromatic heterocycles. The van der Waals surface area contributed by atoms with Gasteiger partial charge in [-0.1, -0.05) is 6.07 Å². The number of imidazole rings is 1. The van der Waals surface area contributed by atoms with Gasteiger partial charge in [0.15, 0.2) is 11.6 Å². The van der Waals surface area contributed by atoms with Gasteiger partial charge in [-0.15, -0.1) is 0 Å². The second-order valence-corrected chi connectivity index (χ2v) is 9.74. The van der Waals surface area contributed by atoms with E-state index in [0.29, 0.717) is 5.69 Å². The summed E-state index contributed by atoms with van der Waals surface area (Å²) in [6, 6.07) is 7.89. The van der Waals surface area contributed by atoms with E-state index in [4.69, 9.17) is 4.74 Å². The fourth-order valence-electron chi connectivity index (χ4n) is 3.77. The van der Waals surface area contributed by atoms with Gasteiger partial charge >= 0.3 is 6.18 Å². The maximum absolute atomic E-state index is 14.6. The number of rotatable bonds is 7. The molecule has 0 bridgehead atoms. The third kappa shape index (κ3) is 5.30. The minimum atomic E-state index is -4.49. The molecule has 182 valence electrons. The minimum absolute atomic E-state index is 0.0150. The van der Waals surface area contributed by atoms with Gasteiger partial charge in [-0.2, -0.15) is 17.5 Å². The molecule has 2 atom stereocenters. The Bertz CT molecular complexity index is 1270. The predicted molar refractivity (Wildman–Crippen MR) is 114 cm³/mol. The maximum atomic E-state index is 14.6. The average molecular weight is 499 g/mol. The van der Waals surface area contributed by atoms with Gasteiger partial charge in [0.1, 0.15) is 11.6 Å². The van der Waals surface area contributed by atoms with Crippen molar-refractivity contribution in [3.63, 3.8) is 0 Å². The summed E-state index contributed by atoms with van der Waals surface area (Å²) in [7, 11) is -2.33. The highest BCUT2D eigenvalue weighted by molar-refractivity contribution is 7.89. The lowest BCUT2D eigenvalue weighted by Crippen LogP contribution is -2.32. The van der Waals surface area contributed by atoms with E-state index in [1.165, 1.54) is 57.9 Å². The Morgan fingerprint density at radius 1 is 1.18 bits per heavy atom. The van der Waals surface area contributed by atoms with Crippen molar-refractivity contribution in [2.45, 2.75) is 23.2 Å². The molecule has 0 aliphatic carbocycles. The summed E-state index contributed by atoms with van der Waals surface area (Å²) in [6.07, 6.45) is -0.344. The van der Waals surface area contributed by atoms with E-state index in [1.807, 2.05) is 0 Å².